The Labute approximate surface area is 152 Å². The summed E-state index contributed by atoms with van der Waals surface area (Å²) in [6.07, 6.45) is 0.984. The highest BCUT2D eigenvalue weighted by Crippen LogP contribution is 2.18. The highest BCUT2D eigenvalue weighted by Gasteiger charge is 2.22. The molecule has 6 nitrogen and oxygen atoms in total. The average molecular weight is 356 g/mol. The summed E-state index contributed by atoms with van der Waals surface area (Å²) in [7, 11) is 0. The molecule has 7 heteroatoms. The quantitative estimate of drug-likeness (QED) is 0.849. The summed E-state index contributed by atoms with van der Waals surface area (Å²) in [5.74, 6) is 0.422. The molecule has 1 atom stereocenters. The number of aliphatic hydroxyl groups is 1. The largest absolute Gasteiger partial charge is 0.488 e. The van der Waals surface area contributed by atoms with E-state index in [1.807, 2.05) is 0 Å². The number of anilines is 1. The Morgan fingerprint density at radius 3 is 2.69 bits per heavy atom. The van der Waals surface area contributed by atoms with Gasteiger partial charge in [0, 0.05) is 38.9 Å². The standard InChI is InChI=1S/C19H21FN4O2/c20-17-5-1-2-6-18(17)26-14-16(25)13-23-8-10-24(11-9-23)19-15(12-21)4-3-7-22-19/h1-7,16,25H,8-11,13-14H2. The summed E-state index contributed by atoms with van der Waals surface area (Å²) in [5.41, 5.74) is 0.569. The van der Waals surface area contributed by atoms with Gasteiger partial charge in [-0.05, 0) is 24.3 Å². The van der Waals surface area contributed by atoms with Gasteiger partial charge in [-0.1, -0.05) is 12.1 Å². The monoisotopic (exact) mass is 356 g/mol. The van der Waals surface area contributed by atoms with Crippen LogP contribution in [0.1, 0.15) is 5.56 Å². The lowest BCUT2D eigenvalue weighted by Crippen LogP contribution is -2.49. The maximum atomic E-state index is 13.5. The molecule has 1 unspecified atom stereocenters. The molecule has 1 saturated heterocycles. The molecule has 26 heavy (non-hydrogen) atoms. The number of nitriles is 1. The fourth-order valence-corrected chi connectivity index (χ4v) is 2.98. The second-order valence-electron chi connectivity index (χ2n) is 6.17. The molecule has 0 radical (unpaired) electrons. The van der Waals surface area contributed by atoms with E-state index < -0.39 is 11.9 Å². The van der Waals surface area contributed by atoms with E-state index in [2.05, 4.69) is 20.9 Å². The van der Waals surface area contributed by atoms with Crippen LogP contribution in [0.2, 0.25) is 0 Å². The van der Waals surface area contributed by atoms with Crippen LogP contribution in [0.4, 0.5) is 10.2 Å². The Hall–Kier alpha value is -2.69. The molecule has 2 heterocycles. The van der Waals surface area contributed by atoms with Gasteiger partial charge >= 0.3 is 0 Å². The summed E-state index contributed by atoms with van der Waals surface area (Å²) < 4.78 is 18.9. The van der Waals surface area contributed by atoms with E-state index in [0.717, 1.165) is 26.2 Å². The molecule has 1 aromatic heterocycles. The SMILES string of the molecule is N#Cc1cccnc1N1CCN(CC(O)COc2ccccc2F)CC1. The Kier molecular flexibility index (Phi) is 6.00. The number of aliphatic hydroxyl groups excluding tert-OH is 1. The van der Waals surface area contributed by atoms with Gasteiger partial charge in [0.2, 0.25) is 0 Å². The van der Waals surface area contributed by atoms with Crippen molar-refractivity contribution in [2.75, 3.05) is 44.2 Å². The number of pyridine rings is 1. The number of benzene rings is 1. The third-order valence-electron chi connectivity index (χ3n) is 4.32. The predicted molar refractivity (Wildman–Crippen MR) is 95.5 cm³/mol. The van der Waals surface area contributed by atoms with Crippen LogP contribution in [-0.2, 0) is 0 Å². The third kappa shape index (κ3) is 4.48. The Bertz CT molecular complexity index is 772. The number of hydrogen-bond donors (Lipinski definition) is 1. The second-order valence-corrected chi connectivity index (χ2v) is 6.17. The molecule has 0 amide bonds. The van der Waals surface area contributed by atoms with Crippen LogP contribution in [0.5, 0.6) is 5.75 Å². The number of hydrogen-bond acceptors (Lipinski definition) is 6. The molecule has 136 valence electrons. The Morgan fingerprint density at radius 1 is 1.19 bits per heavy atom. The van der Waals surface area contributed by atoms with E-state index in [1.165, 1.54) is 6.07 Å². The van der Waals surface area contributed by atoms with Gasteiger partial charge in [-0.2, -0.15) is 5.26 Å². The number of ether oxygens (including phenoxy) is 1. The van der Waals surface area contributed by atoms with E-state index in [1.54, 1.807) is 36.5 Å². The van der Waals surface area contributed by atoms with Gasteiger partial charge < -0.3 is 14.7 Å². The normalized spacial score (nSPS) is 16.1. The molecule has 1 aliphatic heterocycles. The Morgan fingerprint density at radius 2 is 1.96 bits per heavy atom. The van der Waals surface area contributed by atoms with Crippen LogP contribution in [0.15, 0.2) is 42.6 Å². The lowest BCUT2D eigenvalue weighted by molar-refractivity contribution is 0.0649. The maximum Gasteiger partial charge on any atom is 0.165 e. The molecular formula is C19H21FN4O2. The first-order valence-corrected chi connectivity index (χ1v) is 8.55. The van der Waals surface area contributed by atoms with Crippen LogP contribution in [0, 0.1) is 17.1 Å². The molecule has 0 bridgehead atoms. The number of aromatic nitrogens is 1. The highest BCUT2D eigenvalue weighted by atomic mass is 19.1. The van der Waals surface area contributed by atoms with Gasteiger partial charge in [-0.3, -0.25) is 4.90 Å². The summed E-state index contributed by atoms with van der Waals surface area (Å²) in [5, 5.41) is 19.4. The number of rotatable bonds is 6. The second kappa shape index (κ2) is 8.61. The average Bonchev–Trinajstić information content (AvgIpc) is 2.68. The minimum absolute atomic E-state index is 0.0416. The molecular weight excluding hydrogens is 335 g/mol. The van der Waals surface area contributed by atoms with Gasteiger partial charge in [0.05, 0.1) is 5.56 Å². The summed E-state index contributed by atoms with van der Waals surface area (Å²) in [4.78, 5) is 8.52. The van der Waals surface area contributed by atoms with Crippen LogP contribution in [-0.4, -0.2) is 60.4 Å². The van der Waals surface area contributed by atoms with Crippen LogP contribution in [0.3, 0.4) is 0 Å². The summed E-state index contributed by atoms with van der Waals surface area (Å²) in [6.45, 7) is 3.45. The van der Waals surface area contributed by atoms with Gasteiger partial charge in [-0.15, -0.1) is 0 Å². The zero-order valence-corrected chi connectivity index (χ0v) is 14.4. The molecule has 0 spiro atoms. The van der Waals surface area contributed by atoms with Crippen molar-refractivity contribution in [2.24, 2.45) is 0 Å². The van der Waals surface area contributed by atoms with Gasteiger partial charge in [0.25, 0.3) is 0 Å². The lowest BCUT2D eigenvalue weighted by atomic mass is 10.2. The smallest absolute Gasteiger partial charge is 0.165 e. The first kappa shape index (κ1) is 18.1. The van der Waals surface area contributed by atoms with E-state index >= 15 is 0 Å². The fraction of sp³-hybridized carbons (Fsp3) is 0.368. The number of para-hydroxylation sites is 1. The van der Waals surface area contributed by atoms with Gasteiger partial charge in [0.1, 0.15) is 24.6 Å². The van der Waals surface area contributed by atoms with Crippen molar-refractivity contribution in [3.8, 4) is 11.8 Å². The molecule has 1 fully saturated rings. The molecule has 1 aliphatic rings. The maximum absolute atomic E-state index is 13.5. The minimum Gasteiger partial charge on any atom is -0.488 e. The fourth-order valence-electron chi connectivity index (χ4n) is 2.98. The zero-order chi connectivity index (χ0) is 18.4. The highest BCUT2D eigenvalue weighted by molar-refractivity contribution is 5.53. The van der Waals surface area contributed by atoms with E-state index in [4.69, 9.17) is 4.74 Å². The van der Waals surface area contributed by atoms with Crippen molar-refractivity contribution >= 4 is 5.82 Å². The first-order chi connectivity index (χ1) is 12.7. The molecule has 2 aromatic rings. The molecule has 0 saturated carbocycles. The van der Waals surface area contributed by atoms with Gasteiger partial charge in [0.15, 0.2) is 11.6 Å². The number of piperazine rings is 1. The Balaban J connectivity index is 1.46. The van der Waals surface area contributed by atoms with Crippen molar-refractivity contribution in [3.63, 3.8) is 0 Å². The molecule has 0 aliphatic carbocycles. The van der Waals surface area contributed by atoms with Crippen molar-refractivity contribution < 1.29 is 14.2 Å². The molecule has 1 aromatic carbocycles. The molecule has 3 rings (SSSR count). The van der Waals surface area contributed by atoms with Gasteiger partial charge in [-0.25, -0.2) is 9.37 Å². The molecule has 1 N–H and O–H groups in total. The van der Waals surface area contributed by atoms with Crippen molar-refractivity contribution in [1.29, 1.82) is 5.26 Å². The van der Waals surface area contributed by atoms with E-state index in [-0.39, 0.29) is 12.4 Å². The lowest BCUT2D eigenvalue weighted by Gasteiger charge is -2.36. The third-order valence-corrected chi connectivity index (χ3v) is 4.32. The van der Waals surface area contributed by atoms with Crippen molar-refractivity contribution in [3.05, 3.63) is 54.0 Å². The predicted octanol–water partition coefficient (Wildman–Crippen LogP) is 1.65. The topological polar surface area (TPSA) is 72.6 Å². The number of nitrogens with zero attached hydrogens (tertiary/aromatic N) is 4. The zero-order valence-electron chi connectivity index (χ0n) is 14.4. The summed E-state index contributed by atoms with van der Waals surface area (Å²) in [6, 6.07) is 11.8. The van der Waals surface area contributed by atoms with E-state index in [9.17, 15) is 14.8 Å². The van der Waals surface area contributed by atoms with Crippen molar-refractivity contribution in [2.45, 2.75) is 6.10 Å². The number of halogens is 1. The van der Waals surface area contributed by atoms with Crippen LogP contribution >= 0.6 is 0 Å². The number of β-amino-alcohol motifs (C(OH)–C–C–N with tert-alkyl or cyclic N) is 1. The van der Waals surface area contributed by atoms with Crippen LogP contribution in [0.25, 0.3) is 0 Å². The first-order valence-electron chi connectivity index (χ1n) is 8.55. The van der Waals surface area contributed by atoms with Crippen molar-refractivity contribution in [1.82, 2.24) is 9.88 Å². The van der Waals surface area contributed by atoms with Crippen LogP contribution < -0.4 is 9.64 Å². The minimum atomic E-state index is -0.703. The van der Waals surface area contributed by atoms with E-state index in [0.29, 0.717) is 17.9 Å². The summed E-state index contributed by atoms with van der Waals surface area (Å²) >= 11 is 0.